The molecule has 0 unspecified atom stereocenters. The molecular weight excluding hydrogens is 288 g/mol. The van der Waals surface area contributed by atoms with E-state index in [2.05, 4.69) is 33.9 Å². The molecule has 1 N–H and O–H groups in total. The Labute approximate surface area is 128 Å². The van der Waals surface area contributed by atoms with Gasteiger partial charge in [0.25, 0.3) is 0 Å². The molecule has 1 saturated heterocycles. The molecular formula is C15H28O5Si. The number of hydrogen-bond acceptors (Lipinski definition) is 5. The Balaban J connectivity index is 3.17. The number of Topliss-reactive ketones (excluding diaryl/α,β-unsaturated/α-hetero) is 1. The van der Waals surface area contributed by atoms with E-state index in [1.54, 1.807) is 13.8 Å². The standard InChI is InChI=1S/C15H28O5Si/c1-9-12(20-21(7,8)14(3,4)5)15(6,19-13(9)18)11(17)10(2)16/h9,11-12,17H,1-8H3/t9-,11+,12-,15+/m1/s1. The van der Waals surface area contributed by atoms with Gasteiger partial charge < -0.3 is 14.3 Å². The summed E-state index contributed by atoms with van der Waals surface area (Å²) in [7, 11) is -2.17. The van der Waals surface area contributed by atoms with Crippen LogP contribution in [0.3, 0.4) is 0 Å². The first-order valence-corrected chi connectivity index (χ1v) is 10.2. The minimum atomic E-state index is -2.17. The molecule has 21 heavy (non-hydrogen) atoms. The van der Waals surface area contributed by atoms with Crippen LogP contribution in [-0.2, 0) is 18.8 Å². The summed E-state index contributed by atoms with van der Waals surface area (Å²) in [4.78, 5) is 23.5. The molecule has 6 heteroatoms. The normalized spacial score (nSPS) is 32.0. The van der Waals surface area contributed by atoms with Crippen LogP contribution < -0.4 is 0 Å². The maximum absolute atomic E-state index is 12.0. The van der Waals surface area contributed by atoms with Crippen molar-refractivity contribution in [1.29, 1.82) is 0 Å². The predicted molar refractivity (Wildman–Crippen MR) is 82.4 cm³/mol. The molecule has 0 bridgehead atoms. The molecule has 122 valence electrons. The molecule has 5 nitrogen and oxygen atoms in total. The number of carbonyl (C=O) groups is 2. The average Bonchev–Trinajstić information content (AvgIpc) is 2.51. The van der Waals surface area contributed by atoms with Crippen molar-refractivity contribution in [3.63, 3.8) is 0 Å². The Morgan fingerprint density at radius 1 is 1.43 bits per heavy atom. The lowest BCUT2D eigenvalue weighted by molar-refractivity contribution is -0.166. The lowest BCUT2D eigenvalue weighted by Crippen LogP contribution is -2.57. The molecule has 0 aliphatic carbocycles. The topological polar surface area (TPSA) is 72.8 Å². The molecule has 0 radical (unpaired) electrons. The number of ether oxygens (including phenoxy) is 1. The van der Waals surface area contributed by atoms with Gasteiger partial charge in [0.1, 0.15) is 6.10 Å². The minimum absolute atomic E-state index is 0.0412. The van der Waals surface area contributed by atoms with Crippen molar-refractivity contribution in [3.05, 3.63) is 0 Å². The summed E-state index contributed by atoms with van der Waals surface area (Å²) in [5.74, 6) is -1.36. The number of aliphatic hydroxyl groups is 1. The SMILES string of the molecule is CC(=O)[C@H](O)[C@]1(C)OC(=O)[C@H](C)[C@H]1O[Si](C)(C)C(C)(C)C. The molecule has 0 aromatic heterocycles. The third-order valence-electron chi connectivity index (χ3n) is 4.87. The van der Waals surface area contributed by atoms with Gasteiger partial charge in [0.2, 0.25) is 0 Å². The van der Waals surface area contributed by atoms with E-state index >= 15 is 0 Å². The van der Waals surface area contributed by atoms with Gasteiger partial charge in [-0.15, -0.1) is 0 Å². The van der Waals surface area contributed by atoms with Gasteiger partial charge in [-0.3, -0.25) is 9.59 Å². The fraction of sp³-hybridized carbons (Fsp3) is 0.867. The molecule has 1 heterocycles. The molecule has 1 fully saturated rings. The Bertz CT molecular complexity index is 440. The first-order chi connectivity index (χ1) is 9.24. The summed E-state index contributed by atoms with van der Waals surface area (Å²) in [6.07, 6.45) is -1.99. The number of rotatable bonds is 4. The zero-order chi connectivity index (χ0) is 16.8. The van der Waals surface area contributed by atoms with E-state index in [1.165, 1.54) is 6.92 Å². The smallest absolute Gasteiger partial charge is 0.312 e. The highest BCUT2D eigenvalue weighted by Gasteiger charge is 2.59. The van der Waals surface area contributed by atoms with Gasteiger partial charge in [-0.1, -0.05) is 20.8 Å². The van der Waals surface area contributed by atoms with E-state index in [9.17, 15) is 14.7 Å². The van der Waals surface area contributed by atoms with Crippen molar-refractivity contribution >= 4 is 20.1 Å². The van der Waals surface area contributed by atoms with Crippen molar-refractivity contribution in [1.82, 2.24) is 0 Å². The van der Waals surface area contributed by atoms with Gasteiger partial charge in [0.15, 0.2) is 25.8 Å². The van der Waals surface area contributed by atoms with Crippen molar-refractivity contribution in [3.8, 4) is 0 Å². The van der Waals surface area contributed by atoms with Crippen LogP contribution in [0.2, 0.25) is 18.1 Å². The summed E-state index contributed by atoms with van der Waals surface area (Å²) in [6.45, 7) is 15.0. The van der Waals surface area contributed by atoms with Crippen LogP contribution in [0.4, 0.5) is 0 Å². The quantitative estimate of drug-likeness (QED) is 0.636. The summed E-state index contributed by atoms with van der Waals surface area (Å²) in [5.41, 5.74) is -1.32. The maximum atomic E-state index is 12.0. The zero-order valence-corrected chi connectivity index (χ0v) is 15.3. The number of esters is 1. The van der Waals surface area contributed by atoms with Gasteiger partial charge in [0.05, 0.1) is 5.92 Å². The maximum Gasteiger partial charge on any atom is 0.312 e. The molecule has 0 saturated carbocycles. The Kier molecular flexibility index (Phi) is 4.78. The number of cyclic esters (lactones) is 1. The third-order valence-corrected chi connectivity index (χ3v) is 9.32. The highest BCUT2D eigenvalue weighted by Crippen LogP contribution is 2.43. The van der Waals surface area contributed by atoms with E-state index in [1.807, 2.05) is 0 Å². The molecule has 0 aromatic rings. The van der Waals surface area contributed by atoms with E-state index < -0.39 is 43.8 Å². The summed E-state index contributed by atoms with van der Waals surface area (Å²) in [5, 5.41) is 10.2. The molecule has 0 aromatic carbocycles. The van der Waals surface area contributed by atoms with Gasteiger partial charge in [0, 0.05) is 0 Å². The molecule has 0 spiro atoms. The largest absolute Gasteiger partial charge is 0.453 e. The fourth-order valence-corrected chi connectivity index (χ4v) is 3.74. The molecule has 1 rings (SSSR count). The average molecular weight is 316 g/mol. The van der Waals surface area contributed by atoms with E-state index in [0.717, 1.165) is 0 Å². The van der Waals surface area contributed by atoms with E-state index in [-0.39, 0.29) is 5.04 Å². The highest BCUT2D eigenvalue weighted by atomic mass is 28.4. The molecule has 1 aliphatic heterocycles. The second-order valence-electron chi connectivity index (χ2n) is 7.71. The van der Waals surface area contributed by atoms with Crippen LogP contribution in [-0.4, -0.2) is 43.0 Å². The second-order valence-corrected chi connectivity index (χ2v) is 12.5. The van der Waals surface area contributed by atoms with E-state index in [0.29, 0.717) is 0 Å². The first-order valence-electron chi connectivity index (χ1n) is 7.33. The lowest BCUT2D eigenvalue weighted by Gasteiger charge is -2.43. The van der Waals surface area contributed by atoms with Crippen molar-refractivity contribution in [2.24, 2.45) is 5.92 Å². The highest BCUT2D eigenvalue weighted by molar-refractivity contribution is 6.74. The molecule has 4 atom stereocenters. The molecule has 0 amide bonds. The van der Waals surface area contributed by atoms with Crippen LogP contribution in [0.15, 0.2) is 0 Å². The minimum Gasteiger partial charge on any atom is -0.453 e. The van der Waals surface area contributed by atoms with Crippen LogP contribution in [0.1, 0.15) is 41.5 Å². The van der Waals surface area contributed by atoms with Crippen LogP contribution in [0.5, 0.6) is 0 Å². The Hall–Kier alpha value is -0.723. The van der Waals surface area contributed by atoms with Crippen LogP contribution >= 0.6 is 0 Å². The summed E-state index contributed by atoms with van der Waals surface area (Å²) >= 11 is 0. The number of hydrogen-bond donors (Lipinski definition) is 1. The van der Waals surface area contributed by atoms with Crippen LogP contribution in [0, 0.1) is 5.92 Å². The van der Waals surface area contributed by atoms with Crippen LogP contribution in [0.25, 0.3) is 0 Å². The van der Waals surface area contributed by atoms with Gasteiger partial charge >= 0.3 is 5.97 Å². The molecule has 1 aliphatic rings. The second kappa shape index (κ2) is 5.48. The lowest BCUT2D eigenvalue weighted by atomic mass is 9.86. The number of aliphatic hydroxyl groups excluding tert-OH is 1. The summed E-state index contributed by atoms with van der Waals surface area (Å²) in [6, 6.07) is 0. The first kappa shape index (κ1) is 18.3. The van der Waals surface area contributed by atoms with Gasteiger partial charge in [-0.2, -0.15) is 0 Å². The summed E-state index contributed by atoms with van der Waals surface area (Å²) < 4.78 is 11.7. The monoisotopic (exact) mass is 316 g/mol. The van der Waals surface area contributed by atoms with Gasteiger partial charge in [-0.05, 0) is 38.9 Å². The fourth-order valence-electron chi connectivity index (χ4n) is 2.32. The van der Waals surface area contributed by atoms with Crippen molar-refractivity contribution < 1.29 is 23.9 Å². The Morgan fingerprint density at radius 3 is 2.29 bits per heavy atom. The predicted octanol–water partition coefficient (Wildman–Crippen LogP) is 2.28. The third kappa shape index (κ3) is 3.22. The van der Waals surface area contributed by atoms with Gasteiger partial charge in [-0.25, -0.2) is 0 Å². The van der Waals surface area contributed by atoms with Crippen molar-refractivity contribution in [2.75, 3.05) is 0 Å². The van der Waals surface area contributed by atoms with Crippen molar-refractivity contribution in [2.45, 2.75) is 77.5 Å². The number of ketones is 1. The van der Waals surface area contributed by atoms with E-state index in [4.69, 9.17) is 9.16 Å². The zero-order valence-electron chi connectivity index (χ0n) is 14.3. The Morgan fingerprint density at radius 2 is 1.90 bits per heavy atom. The number of carbonyl (C=O) groups excluding carboxylic acids is 2.